The molecule has 0 aliphatic carbocycles. The third-order valence-electron chi connectivity index (χ3n) is 4.46. The summed E-state index contributed by atoms with van der Waals surface area (Å²) in [6.07, 6.45) is -2.77. The number of hydrogen-bond donors (Lipinski definition) is 0. The van der Waals surface area contributed by atoms with Crippen LogP contribution in [0.2, 0.25) is 0 Å². The maximum absolute atomic E-state index is 12.8. The minimum absolute atomic E-state index is 0.0212. The number of aromatic nitrogens is 3. The fourth-order valence-corrected chi connectivity index (χ4v) is 3.02. The van der Waals surface area contributed by atoms with E-state index in [2.05, 4.69) is 10.1 Å². The number of para-hydroxylation sites is 1. The molecule has 4 aromatic rings. The number of halogens is 3. The molecule has 0 bridgehead atoms. The summed E-state index contributed by atoms with van der Waals surface area (Å²) in [5.41, 5.74) is 0.385. The van der Waals surface area contributed by atoms with E-state index in [1.807, 2.05) is 23.6 Å². The summed E-state index contributed by atoms with van der Waals surface area (Å²) in [6, 6.07) is 11.6. The molecule has 2 aromatic carbocycles. The molecule has 0 saturated carbocycles. The zero-order valence-corrected chi connectivity index (χ0v) is 14.7. The lowest BCUT2D eigenvalue weighted by Crippen LogP contribution is -2.11. The second kappa shape index (κ2) is 6.63. The van der Waals surface area contributed by atoms with Crippen molar-refractivity contribution in [2.75, 3.05) is 0 Å². The number of hydrogen-bond acceptors (Lipinski definition) is 4. The van der Waals surface area contributed by atoms with Crippen molar-refractivity contribution in [3.63, 3.8) is 0 Å². The molecule has 4 rings (SSSR count). The molecule has 2 aromatic heterocycles. The lowest BCUT2D eigenvalue weighted by molar-refractivity contribution is -0.137. The molecule has 0 aliphatic rings. The van der Waals surface area contributed by atoms with Crippen LogP contribution in [0.15, 0.2) is 64.0 Å². The number of pyridine rings is 1. The van der Waals surface area contributed by atoms with Crippen molar-refractivity contribution < 1.29 is 17.7 Å². The van der Waals surface area contributed by atoms with E-state index in [9.17, 15) is 18.0 Å². The largest absolute Gasteiger partial charge is 0.416 e. The van der Waals surface area contributed by atoms with Gasteiger partial charge in [-0.1, -0.05) is 29.4 Å². The summed E-state index contributed by atoms with van der Waals surface area (Å²) in [4.78, 5) is 17.0. The minimum Gasteiger partial charge on any atom is -0.347 e. The van der Waals surface area contributed by atoms with Crippen molar-refractivity contribution in [3.8, 4) is 22.8 Å². The summed E-state index contributed by atoms with van der Waals surface area (Å²) in [5.74, 6) is 0.132. The molecule has 0 N–H and O–H groups in total. The van der Waals surface area contributed by atoms with Crippen LogP contribution in [0.1, 0.15) is 12.5 Å². The second-order valence-corrected chi connectivity index (χ2v) is 6.17. The van der Waals surface area contributed by atoms with Gasteiger partial charge in [0.25, 0.3) is 5.89 Å². The molecule has 5 nitrogen and oxygen atoms in total. The fourth-order valence-electron chi connectivity index (χ4n) is 3.02. The summed E-state index contributed by atoms with van der Waals surface area (Å²) >= 11 is 0. The molecule has 2 heterocycles. The number of nitrogens with zero attached hydrogens (tertiary/aromatic N) is 3. The summed E-state index contributed by atoms with van der Waals surface area (Å²) in [7, 11) is 0. The van der Waals surface area contributed by atoms with E-state index < -0.39 is 11.7 Å². The number of aryl methyl sites for hydroxylation is 1. The Morgan fingerprint density at radius 2 is 1.79 bits per heavy atom. The van der Waals surface area contributed by atoms with Crippen LogP contribution in [0.5, 0.6) is 0 Å². The zero-order chi connectivity index (χ0) is 19.9. The van der Waals surface area contributed by atoms with Crippen molar-refractivity contribution in [3.05, 3.63) is 70.5 Å². The Morgan fingerprint density at radius 1 is 1.07 bits per heavy atom. The molecule has 0 amide bonds. The van der Waals surface area contributed by atoms with Gasteiger partial charge in [-0.3, -0.25) is 4.79 Å². The summed E-state index contributed by atoms with van der Waals surface area (Å²) in [6.45, 7) is 2.58. The molecule has 0 fully saturated rings. The van der Waals surface area contributed by atoms with E-state index in [-0.39, 0.29) is 22.7 Å². The first-order valence-electron chi connectivity index (χ1n) is 8.52. The van der Waals surface area contributed by atoms with Crippen LogP contribution in [0, 0.1) is 0 Å². The standard InChI is InChI=1S/C20H14F3N3O2/c1-2-26-11-15(17(27)14-5-3-4-6-16(14)26)19-24-18(25-28-19)12-7-9-13(10-8-12)20(21,22)23/h3-11H,2H2,1H3. The number of benzene rings is 2. The first-order valence-corrected chi connectivity index (χ1v) is 8.52. The summed E-state index contributed by atoms with van der Waals surface area (Å²) < 4.78 is 45.2. The molecular weight excluding hydrogens is 371 g/mol. The highest BCUT2D eigenvalue weighted by atomic mass is 19.4. The van der Waals surface area contributed by atoms with Crippen molar-refractivity contribution in [1.82, 2.24) is 14.7 Å². The SMILES string of the molecule is CCn1cc(-c2nc(-c3ccc(C(F)(F)F)cc3)no2)c(=O)c2ccccc21. The predicted molar refractivity (Wildman–Crippen MR) is 97.6 cm³/mol. The highest BCUT2D eigenvalue weighted by Gasteiger charge is 2.30. The average molecular weight is 385 g/mol. The molecule has 0 unspecified atom stereocenters. The Labute approximate surface area is 157 Å². The predicted octanol–water partition coefficient (Wildman–Crippen LogP) is 4.76. The number of fused-ring (bicyclic) bond motifs is 1. The Hall–Kier alpha value is -3.42. The molecule has 142 valence electrons. The van der Waals surface area contributed by atoms with E-state index in [4.69, 9.17) is 4.52 Å². The number of rotatable bonds is 3. The van der Waals surface area contributed by atoms with Crippen LogP contribution in [0.25, 0.3) is 33.7 Å². The zero-order valence-electron chi connectivity index (χ0n) is 14.7. The maximum atomic E-state index is 12.8. The van der Waals surface area contributed by atoms with Gasteiger partial charge in [0.1, 0.15) is 5.56 Å². The van der Waals surface area contributed by atoms with E-state index in [0.29, 0.717) is 17.5 Å². The lowest BCUT2D eigenvalue weighted by Gasteiger charge is -2.09. The quantitative estimate of drug-likeness (QED) is 0.510. The van der Waals surface area contributed by atoms with Crippen LogP contribution >= 0.6 is 0 Å². The Balaban J connectivity index is 1.78. The van der Waals surface area contributed by atoms with Gasteiger partial charge in [-0.15, -0.1) is 0 Å². The first-order chi connectivity index (χ1) is 13.4. The topological polar surface area (TPSA) is 60.9 Å². The molecular formula is C20H14F3N3O2. The molecule has 8 heteroatoms. The monoisotopic (exact) mass is 385 g/mol. The van der Waals surface area contributed by atoms with E-state index in [0.717, 1.165) is 17.6 Å². The highest BCUT2D eigenvalue weighted by Crippen LogP contribution is 2.30. The van der Waals surface area contributed by atoms with Gasteiger partial charge in [-0.25, -0.2) is 0 Å². The van der Waals surface area contributed by atoms with Crippen molar-refractivity contribution in [2.45, 2.75) is 19.6 Å². The van der Waals surface area contributed by atoms with Gasteiger partial charge in [-0.2, -0.15) is 18.2 Å². The maximum Gasteiger partial charge on any atom is 0.416 e. The van der Waals surface area contributed by atoms with Crippen molar-refractivity contribution >= 4 is 10.9 Å². The van der Waals surface area contributed by atoms with Crippen LogP contribution in [0.3, 0.4) is 0 Å². The van der Waals surface area contributed by atoms with E-state index in [1.165, 1.54) is 12.1 Å². The van der Waals surface area contributed by atoms with Gasteiger partial charge in [0, 0.05) is 23.7 Å². The third kappa shape index (κ3) is 3.06. The van der Waals surface area contributed by atoms with Crippen LogP contribution in [-0.2, 0) is 12.7 Å². The van der Waals surface area contributed by atoms with Gasteiger partial charge in [-0.05, 0) is 31.2 Å². The average Bonchev–Trinajstić information content (AvgIpc) is 3.18. The molecule has 0 aliphatic heterocycles. The van der Waals surface area contributed by atoms with Crippen LogP contribution < -0.4 is 5.43 Å². The van der Waals surface area contributed by atoms with Crippen LogP contribution in [0.4, 0.5) is 13.2 Å². The van der Waals surface area contributed by atoms with Crippen molar-refractivity contribution in [2.24, 2.45) is 0 Å². The first kappa shape index (κ1) is 18.0. The van der Waals surface area contributed by atoms with Crippen molar-refractivity contribution in [1.29, 1.82) is 0 Å². The van der Waals surface area contributed by atoms with E-state index >= 15 is 0 Å². The Bertz CT molecular complexity index is 1210. The second-order valence-electron chi connectivity index (χ2n) is 6.17. The fraction of sp³-hybridized carbons (Fsp3) is 0.150. The highest BCUT2D eigenvalue weighted by molar-refractivity contribution is 5.82. The third-order valence-corrected chi connectivity index (χ3v) is 4.46. The number of alkyl halides is 3. The molecule has 28 heavy (non-hydrogen) atoms. The molecule has 0 spiro atoms. The summed E-state index contributed by atoms with van der Waals surface area (Å²) in [5, 5.41) is 4.34. The molecule has 0 atom stereocenters. The smallest absolute Gasteiger partial charge is 0.347 e. The Kier molecular flexibility index (Phi) is 4.26. The van der Waals surface area contributed by atoms with Gasteiger partial charge in [0.15, 0.2) is 0 Å². The molecule has 0 saturated heterocycles. The lowest BCUT2D eigenvalue weighted by atomic mass is 10.1. The van der Waals surface area contributed by atoms with Gasteiger partial charge in [0.2, 0.25) is 11.3 Å². The van der Waals surface area contributed by atoms with Crippen LogP contribution in [-0.4, -0.2) is 14.7 Å². The normalized spacial score (nSPS) is 11.9. The minimum atomic E-state index is -4.42. The molecule has 0 radical (unpaired) electrons. The van der Waals surface area contributed by atoms with Gasteiger partial charge in [0.05, 0.1) is 11.1 Å². The van der Waals surface area contributed by atoms with Gasteiger partial charge < -0.3 is 9.09 Å². The van der Waals surface area contributed by atoms with Gasteiger partial charge >= 0.3 is 6.18 Å². The van der Waals surface area contributed by atoms with E-state index in [1.54, 1.807) is 18.3 Å². The Morgan fingerprint density at radius 3 is 2.46 bits per heavy atom.